The lowest BCUT2D eigenvalue weighted by atomic mass is 10.2. The maximum Gasteiger partial charge on any atom is 0.325 e. The predicted octanol–water partition coefficient (Wildman–Crippen LogP) is 1.10. The number of nitrogens with one attached hydrogen (secondary N) is 1. The highest BCUT2D eigenvalue weighted by atomic mass is 19.1. The smallest absolute Gasteiger partial charge is 0.325 e. The Morgan fingerprint density at radius 2 is 2.00 bits per heavy atom. The molecule has 1 aromatic rings. The van der Waals surface area contributed by atoms with E-state index >= 15 is 0 Å². The largest absolute Gasteiger partial charge is 0.468 e. The Labute approximate surface area is 99.7 Å². The number of halogens is 1. The van der Waals surface area contributed by atoms with Gasteiger partial charge in [0.05, 0.1) is 13.7 Å². The molecule has 1 unspecified atom stereocenters. The van der Waals surface area contributed by atoms with Crippen LogP contribution in [0, 0.1) is 5.82 Å². The molecular formula is C12H16FNO3. The van der Waals surface area contributed by atoms with Gasteiger partial charge < -0.3 is 9.47 Å². The Kier molecular flexibility index (Phi) is 5.59. The Morgan fingerprint density at radius 3 is 2.53 bits per heavy atom. The van der Waals surface area contributed by atoms with Crippen LogP contribution in [-0.2, 0) is 20.8 Å². The third-order valence-corrected chi connectivity index (χ3v) is 2.28. The van der Waals surface area contributed by atoms with Crippen molar-refractivity contribution in [1.82, 2.24) is 5.32 Å². The Hall–Kier alpha value is -1.46. The van der Waals surface area contributed by atoms with Crippen molar-refractivity contribution in [3.63, 3.8) is 0 Å². The van der Waals surface area contributed by atoms with Crippen LogP contribution in [0.5, 0.6) is 0 Å². The number of esters is 1. The van der Waals surface area contributed by atoms with Crippen LogP contribution in [0.1, 0.15) is 5.56 Å². The van der Waals surface area contributed by atoms with E-state index in [0.717, 1.165) is 5.56 Å². The molecule has 0 aromatic heterocycles. The number of hydrogen-bond donors (Lipinski definition) is 1. The van der Waals surface area contributed by atoms with Gasteiger partial charge in [0.15, 0.2) is 0 Å². The van der Waals surface area contributed by atoms with E-state index in [1.54, 1.807) is 12.1 Å². The highest BCUT2D eigenvalue weighted by Crippen LogP contribution is 2.03. The summed E-state index contributed by atoms with van der Waals surface area (Å²) in [6.45, 7) is 0.678. The Morgan fingerprint density at radius 1 is 1.35 bits per heavy atom. The zero-order valence-electron chi connectivity index (χ0n) is 9.90. The molecule has 1 rings (SSSR count). The summed E-state index contributed by atoms with van der Waals surface area (Å²) in [5.41, 5.74) is 0.886. The number of ether oxygens (including phenoxy) is 2. The average Bonchev–Trinajstić information content (AvgIpc) is 2.35. The molecular weight excluding hydrogens is 225 g/mol. The lowest BCUT2D eigenvalue weighted by Gasteiger charge is -2.15. The fourth-order valence-electron chi connectivity index (χ4n) is 1.36. The van der Waals surface area contributed by atoms with Crippen LogP contribution in [0.25, 0.3) is 0 Å². The summed E-state index contributed by atoms with van der Waals surface area (Å²) < 4.78 is 22.2. The van der Waals surface area contributed by atoms with Gasteiger partial charge in [-0.3, -0.25) is 10.1 Å². The van der Waals surface area contributed by atoms with Crippen LogP contribution >= 0.6 is 0 Å². The van der Waals surface area contributed by atoms with Gasteiger partial charge in [-0.05, 0) is 17.7 Å². The van der Waals surface area contributed by atoms with Crippen LogP contribution in [0.4, 0.5) is 4.39 Å². The second-order valence-corrected chi connectivity index (χ2v) is 3.54. The molecule has 4 nitrogen and oxygen atoms in total. The lowest BCUT2D eigenvalue weighted by Crippen LogP contribution is -2.40. The van der Waals surface area contributed by atoms with Gasteiger partial charge in [-0.1, -0.05) is 12.1 Å². The number of carbonyl (C=O) groups excluding carboxylic acids is 1. The van der Waals surface area contributed by atoms with E-state index in [1.165, 1.54) is 26.4 Å². The molecule has 0 heterocycles. The zero-order chi connectivity index (χ0) is 12.7. The minimum absolute atomic E-state index is 0.230. The van der Waals surface area contributed by atoms with Gasteiger partial charge in [0.2, 0.25) is 0 Å². The monoisotopic (exact) mass is 241 g/mol. The lowest BCUT2D eigenvalue weighted by molar-refractivity contribution is -0.144. The van der Waals surface area contributed by atoms with Crippen LogP contribution < -0.4 is 5.32 Å². The molecule has 0 saturated carbocycles. The van der Waals surface area contributed by atoms with Crippen LogP contribution in [0.3, 0.4) is 0 Å². The number of methoxy groups -OCH3 is 2. The summed E-state index contributed by atoms with van der Waals surface area (Å²) in [6.07, 6.45) is 0. The fourth-order valence-corrected chi connectivity index (χ4v) is 1.36. The third kappa shape index (κ3) is 4.50. The normalized spacial score (nSPS) is 12.2. The first-order valence-corrected chi connectivity index (χ1v) is 5.22. The summed E-state index contributed by atoms with van der Waals surface area (Å²) in [7, 11) is 2.83. The highest BCUT2D eigenvalue weighted by molar-refractivity contribution is 5.75. The Bertz CT molecular complexity index is 353. The van der Waals surface area contributed by atoms with E-state index in [1.807, 2.05) is 0 Å². The molecule has 0 saturated heterocycles. The molecule has 1 aromatic carbocycles. The van der Waals surface area contributed by atoms with Crippen molar-refractivity contribution in [3.05, 3.63) is 35.6 Å². The van der Waals surface area contributed by atoms with Crippen molar-refractivity contribution < 1.29 is 18.7 Å². The minimum atomic E-state index is -0.518. The van der Waals surface area contributed by atoms with Crippen molar-refractivity contribution in [2.24, 2.45) is 0 Å². The molecule has 1 N–H and O–H groups in total. The molecule has 0 aliphatic carbocycles. The summed E-state index contributed by atoms with van der Waals surface area (Å²) >= 11 is 0. The van der Waals surface area contributed by atoms with E-state index < -0.39 is 6.04 Å². The van der Waals surface area contributed by atoms with Crippen molar-refractivity contribution in [2.45, 2.75) is 12.6 Å². The van der Waals surface area contributed by atoms with Gasteiger partial charge in [0.25, 0.3) is 0 Å². The molecule has 0 aliphatic rings. The maximum atomic E-state index is 12.7. The SMILES string of the molecule is COCC(NCc1ccc(F)cc1)C(=O)OC. The summed E-state index contributed by atoms with van der Waals surface area (Å²) in [5.74, 6) is -0.663. The molecule has 0 aliphatic heterocycles. The number of rotatable bonds is 6. The van der Waals surface area contributed by atoms with E-state index in [4.69, 9.17) is 4.74 Å². The molecule has 94 valence electrons. The summed E-state index contributed by atoms with van der Waals surface area (Å²) in [6, 6.07) is 5.54. The zero-order valence-corrected chi connectivity index (χ0v) is 9.90. The van der Waals surface area contributed by atoms with Crippen molar-refractivity contribution >= 4 is 5.97 Å². The van der Waals surface area contributed by atoms with Gasteiger partial charge in [0.1, 0.15) is 11.9 Å². The van der Waals surface area contributed by atoms with E-state index in [9.17, 15) is 9.18 Å². The first-order chi connectivity index (χ1) is 8.17. The topological polar surface area (TPSA) is 47.6 Å². The molecule has 0 radical (unpaired) electrons. The number of benzene rings is 1. The molecule has 0 fully saturated rings. The summed E-state index contributed by atoms with van der Waals surface area (Å²) in [5, 5.41) is 2.99. The van der Waals surface area contributed by atoms with Gasteiger partial charge >= 0.3 is 5.97 Å². The third-order valence-electron chi connectivity index (χ3n) is 2.28. The van der Waals surface area contributed by atoms with E-state index in [2.05, 4.69) is 10.1 Å². The van der Waals surface area contributed by atoms with Gasteiger partial charge in [-0.15, -0.1) is 0 Å². The second kappa shape index (κ2) is 6.98. The van der Waals surface area contributed by atoms with Crippen LogP contribution in [0.2, 0.25) is 0 Å². The highest BCUT2D eigenvalue weighted by Gasteiger charge is 2.17. The van der Waals surface area contributed by atoms with Gasteiger partial charge in [0, 0.05) is 13.7 Å². The van der Waals surface area contributed by atoms with Crippen molar-refractivity contribution in [3.8, 4) is 0 Å². The molecule has 1 atom stereocenters. The quantitative estimate of drug-likeness (QED) is 0.758. The number of hydrogen-bond acceptors (Lipinski definition) is 4. The van der Waals surface area contributed by atoms with Crippen LogP contribution in [-0.4, -0.2) is 32.8 Å². The predicted molar refractivity (Wildman–Crippen MR) is 60.9 cm³/mol. The van der Waals surface area contributed by atoms with Gasteiger partial charge in [-0.2, -0.15) is 0 Å². The second-order valence-electron chi connectivity index (χ2n) is 3.54. The summed E-state index contributed by atoms with van der Waals surface area (Å²) in [4.78, 5) is 11.4. The first kappa shape index (κ1) is 13.6. The first-order valence-electron chi connectivity index (χ1n) is 5.22. The van der Waals surface area contributed by atoms with Crippen molar-refractivity contribution in [2.75, 3.05) is 20.8 Å². The molecule has 0 bridgehead atoms. The van der Waals surface area contributed by atoms with Gasteiger partial charge in [-0.25, -0.2) is 4.39 Å². The standard InChI is InChI=1S/C12H16FNO3/c1-16-8-11(12(15)17-2)14-7-9-3-5-10(13)6-4-9/h3-6,11,14H,7-8H2,1-2H3. The van der Waals surface area contributed by atoms with E-state index in [0.29, 0.717) is 6.54 Å². The minimum Gasteiger partial charge on any atom is -0.468 e. The van der Waals surface area contributed by atoms with Crippen LogP contribution in [0.15, 0.2) is 24.3 Å². The van der Waals surface area contributed by atoms with Crippen molar-refractivity contribution in [1.29, 1.82) is 0 Å². The average molecular weight is 241 g/mol. The molecule has 0 amide bonds. The maximum absolute atomic E-state index is 12.7. The Balaban J connectivity index is 2.51. The molecule has 5 heteroatoms. The van der Waals surface area contributed by atoms with E-state index in [-0.39, 0.29) is 18.4 Å². The number of carbonyl (C=O) groups is 1. The fraction of sp³-hybridized carbons (Fsp3) is 0.417. The molecule has 0 spiro atoms. The molecule has 17 heavy (non-hydrogen) atoms.